The lowest BCUT2D eigenvalue weighted by Crippen LogP contribution is -2.45. The SMILES string of the molecule is CN(C(=O)N1CCC(CC(=O)O)C1)C1CCS(=O)(=O)C1. The maximum absolute atomic E-state index is 12.3. The van der Waals surface area contributed by atoms with Gasteiger partial charge in [0.2, 0.25) is 0 Å². The van der Waals surface area contributed by atoms with Crippen LogP contribution in [0.2, 0.25) is 0 Å². The minimum atomic E-state index is -3.01. The molecule has 8 heteroatoms. The molecular formula is C12H20N2O5S. The summed E-state index contributed by atoms with van der Waals surface area (Å²) in [5, 5.41) is 8.76. The molecule has 114 valence electrons. The summed E-state index contributed by atoms with van der Waals surface area (Å²) < 4.78 is 22.9. The Morgan fingerprint density at radius 1 is 1.35 bits per heavy atom. The molecular weight excluding hydrogens is 284 g/mol. The van der Waals surface area contributed by atoms with Crippen molar-refractivity contribution < 1.29 is 23.1 Å². The van der Waals surface area contributed by atoms with Crippen LogP contribution in [-0.4, -0.2) is 73.0 Å². The number of carboxylic acids is 1. The van der Waals surface area contributed by atoms with Crippen LogP contribution in [0.15, 0.2) is 0 Å². The molecule has 2 aliphatic rings. The molecule has 0 aromatic rings. The number of carboxylic acid groups (broad SMARTS) is 1. The van der Waals surface area contributed by atoms with E-state index in [1.807, 2.05) is 0 Å². The molecule has 0 radical (unpaired) electrons. The number of urea groups is 1. The van der Waals surface area contributed by atoms with Gasteiger partial charge in [-0.3, -0.25) is 4.79 Å². The summed E-state index contributed by atoms with van der Waals surface area (Å²) in [7, 11) is -1.39. The van der Waals surface area contributed by atoms with E-state index in [1.165, 1.54) is 4.90 Å². The van der Waals surface area contributed by atoms with Gasteiger partial charge in [0.1, 0.15) is 0 Å². The van der Waals surface area contributed by atoms with Crippen molar-refractivity contribution in [2.24, 2.45) is 5.92 Å². The molecule has 2 atom stereocenters. The molecule has 0 spiro atoms. The summed E-state index contributed by atoms with van der Waals surface area (Å²) in [6.07, 6.45) is 1.25. The number of carbonyl (C=O) groups excluding carboxylic acids is 1. The number of aliphatic carboxylic acids is 1. The van der Waals surface area contributed by atoms with Crippen LogP contribution in [-0.2, 0) is 14.6 Å². The van der Waals surface area contributed by atoms with Gasteiger partial charge in [-0.1, -0.05) is 0 Å². The minimum Gasteiger partial charge on any atom is -0.481 e. The van der Waals surface area contributed by atoms with Crippen molar-refractivity contribution in [2.45, 2.75) is 25.3 Å². The zero-order valence-corrected chi connectivity index (χ0v) is 12.3. The van der Waals surface area contributed by atoms with E-state index >= 15 is 0 Å². The lowest BCUT2D eigenvalue weighted by Gasteiger charge is -2.28. The molecule has 2 saturated heterocycles. The second kappa shape index (κ2) is 5.59. The fraction of sp³-hybridized carbons (Fsp3) is 0.833. The fourth-order valence-electron chi connectivity index (χ4n) is 2.88. The highest BCUT2D eigenvalue weighted by Gasteiger charge is 2.36. The van der Waals surface area contributed by atoms with E-state index in [0.717, 1.165) is 0 Å². The van der Waals surface area contributed by atoms with Gasteiger partial charge in [-0.15, -0.1) is 0 Å². The van der Waals surface area contributed by atoms with Gasteiger partial charge in [-0.05, 0) is 18.8 Å². The van der Waals surface area contributed by atoms with Crippen LogP contribution in [0.1, 0.15) is 19.3 Å². The van der Waals surface area contributed by atoms with E-state index in [0.29, 0.717) is 25.9 Å². The van der Waals surface area contributed by atoms with Gasteiger partial charge in [-0.25, -0.2) is 13.2 Å². The Kier molecular flexibility index (Phi) is 4.22. The van der Waals surface area contributed by atoms with E-state index in [-0.39, 0.29) is 35.9 Å². The van der Waals surface area contributed by atoms with Gasteiger partial charge in [-0.2, -0.15) is 0 Å². The number of nitrogens with zero attached hydrogens (tertiary/aromatic N) is 2. The van der Waals surface area contributed by atoms with E-state index in [9.17, 15) is 18.0 Å². The van der Waals surface area contributed by atoms with Crippen LogP contribution in [0.3, 0.4) is 0 Å². The topological polar surface area (TPSA) is 95.0 Å². The maximum Gasteiger partial charge on any atom is 0.320 e. The Balaban J connectivity index is 1.90. The summed E-state index contributed by atoms with van der Waals surface area (Å²) in [4.78, 5) is 26.1. The van der Waals surface area contributed by atoms with E-state index in [1.54, 1.807) is 11.9 Å². The van der Waals surface area contributed by atoms with Crippen LogP contribution in [0.25, 0.3) is 0 Å². The Labute approximate surface area is 118 Å². The summed E-state index contributed by atoms with van der Waals surface area (Å²) >= 11 is 0. The third kappa shape index (κ3) is 3.41. The van der Waals surface area contributed by atoms with Crippen LogP contribution in [0.4, 0.5) is 4.79 Å². The zero-order chi connectivity index (χ0) is 14.9. The first-order valence-electron chi connectivity index (χ1n) is 6.72. The number of rotatable bonds is 3. The first-order valence-corrected chi connectivity index (χ1v) is 8.54. The van der Waals surface area contributed by atoms with Crippen LogP contribution in [0, 0.1) is 5.92 Å². The molecule has 0 saturated carbocycles. The summed E-state index contributed by atoms with van der Waals surface area (Å²) in [6.45, 7) is 0.982. The van der Waals surface area contributed by atoms with Gasteiger partial charge in [0, 0.05) is 32.6 Å². The standard InChI is InChI=1S/C12H20N2O5S/c1-13(10-3-5-20(18,19)8-10)12(17)14-4-2-9(7-14)6-11(15)16/h9-10H,2-8H2,1H3,(H,15,16). The molecule has 2 rings (SSSR count). The van der Waals surface area contributed by atoms with E-state index < -0.39 is 15.8 Å². The fourth-order valence-corrected chi connectivity index (χ4v) is 4.65. The maximum atomic E-state index is 12.3. The summed E-state index contributed by atoms with van der Waals surface area (Å²) in [5.41, 5.74) is 0. The van der Waals surface area contributed by atoms with Crippen molar-refractivity contribution in [1.29, 1.82) is 0 Å². The number of hydrogen-bond acceptors (Lipinski definition) is 4. The van der Waals surface area contributed by atoms with Gasteiger partial charge in [0.15, 0.2) is 9.84 Å². The largest absolute Gasteiger partial charge is 0.481 e. The Morgan fingerprint density at radius 3 is 2.60 bits per heavy atom. The minimum absolute atomic E-state index is 0.00263. The highest BCUT2D eigenvalue weighted by Crippen LogP contribution is 2.23. The Bertz CT molecular complexity index is 504. The highest BCUT2D eigenvalue weighted by molar-refractivity contribution is 7.91. The van der Waals surface area contributed by atoms with E-state index in [4.69, 9.17) is 5.11 Å². The predicted octanol–water partition coefficient (Wildman–Crippen LogP) is 0.0219. The molecule has 0 bridgehead atoms. The molecule has 2 heterocycles. The highest BCUT2D eigenvalue weighted by atomic mass is 32.2. The third-order valence-electron chi connectivity index (χ3n) is 4.08. The van der Waals surface area contributed by atoms with Gasteiger partial charge < -0.3 is 14.9 Å². The van der Waals surface area contributed by atoms with Gasteiger partial charge >= 0.3 is 12.0 Å². The molecule has 2 fully saturated rings. The Hall–Kier alpha value is -1.31. The quantitative estimate of drug-likeness (QED) is 0.793. The molecule has 2 unspecified atom stereocenters. The zero-order valence-electron chi connectivity index (χ0n) is 11.5. The number of sulfone groups is 1. The lowest BCUT2D eigenvalue weighted by molar-refractivity contribution is -0.138. The average molecular weight is 304 g/mol. The average Bonchev–Trinajstić information content (AvgIpc) is 2.93. The normalized spacial score (nSPS) is 28.6. The molecule has 1 N–H and O–H groups in total. The van der Waals surface area contributed by atoms with Crippen molar-refractivity contribution in [2.75, 3.05) is 31.6 Å². The van der Waals surface area contributed by atoms with Gasteiger partial charge in [0.25, 0.3) is 0 Å². The van der Waals surface area contributed by atoms with Crippen molar-refractivity contribution in [3.8, 4) is 0 Å². The predicted molar refractivity (Wildman–Crippen MR) is 72.2 cm³/mol. The monoisotopic (exact) mass is 304 g/mol. The molecule has 0 aromatic carbocycles. The number of amides is 2. The lowest BCUT2D eigenvalue weighted by atomic mass is 10.1. The van der Waals surface area contributed by atoms with Crippen molar-refractivity contribution >= 4 is 21.8 Å². The second-order valence-electron chi connectivity index (χ2n) is 5.65. The Morgan fingerprint density at radius 2 is 2.05 bits per heavy atom. The third-order valence-corrected chi connectivity index (χ3v) is 5.83. The van der Waals surface area contributed by atoms with Crippen molar-refractivity contribution in [3.63, 3.8) is 0 Å². The van der Waals surface area contributed by atoms with Crippen LogP contribution >= 0.6 is 0 Å². The van der Waals surface area contributed by atoms with Crippen LogP contribution < -0.4 is 0 Å². The molecule has 0 aliphatic carbocycles. The molecule has 2 aliphatic heterocycles. The summed E-state index contributed by atoms with van der Waals surface area (Å²) in [5.74, 6) is -0.685. The molecule has 0 aromatic heterocycles. The number of hydrogen-bond donors (Lipinski definition) is 1. The first kappa shape index (κ1) is 15.1. The van der Waals surface area contributed by atoms with Crippen molar-refractivity contribution in [1.82, 2.24) is 9.80 Å². The second-order valence-corrected chi connectivity index (χ2v) is 7.88. The van der Waals surface area contributed by atoms with Crippen LogP contribution in [0.5, 0.6) is 0 Å². The number of carbonyl (C=O) groups is 2. The molecule has 20 heavy (non-hydrogen) atoms. The molecule has 7 nitrogen and oxygen atoms in total. The first-order chi connectivity index (χ1) is 9.28. The summed E-state index contributed by atoms with van der Waals surface area (Å²) in [6, 6.07) is -0.453. The van der Waals surface area contributed by atoms with Gasteiger partial charge in [0.05, 0.1) is 11.5 Å². The van der Waals surface area contributed by atoms with Crippen molar-refractivity contribution in [3.05, 3.63) is 0 Å². The van der Waals surface area contributed by atoms with E-state index in [2.05, 4.69) is 0 Å². The smallest absolute Gasteiger partial charge is 0.320 e. The molecule has 2 amide bonds. The number of likely N-dealkylation sites (tertiary alicyclic amines) is 1.